The van der Waals surface area contributed by atoms with Crippen LogP contribution < -0.4 is 10.2 Å². The summed E-state index contributed by atoms with van der Waals surface area (Å²) in [7, 11) is 0. The van der Waals surface area contributed by atoms with Crippen molar-refractivity contribution in [3.8, 4) is 0 Å². The zero-order chi connectivity index (χ0) is 34.1. The highest BCUT2D eigenvalue weighted by Gasteiger charge is 2.73. The average Bonchev–Trinajstić information content (AvgIpc) is 2.90. The fourth-order valence-corrected chi connectivity index (χ4v) is 4.64. The van der Waals surface area contributed by atoms with Gasteiger partial charge in [-0.25, -0.2) is 8.78 Å². The molecule has 240 valence electrons. The number of nitrogens with zero attached hydrogens (tertiary/aromatic N) is 1. The highest BCUT2D eigenvalue weighted by molar-refractivity contribution is 6.11. The van der Waals surface area contributed by atoms with Crippen LogP contribution >= 0.6 is 0 Å². The van der Waals surface area contributed by atoms with Crippen molar-refractivity contribution in [2.24, 2.45) is 0 Å². The van der Waals surface area contributed by atoms with Gasteiger partial charge in [0.2, 0.25) is 0 Å². The van der Waals surface area contributed by atoms with Crippen molar-refractivity contribution in [1.82, 2.24) is 0 Å². The Hall–Kier alpha value is -5.02. The number of hydrogen-bond donors (Lipinski definition) is 3. The Morgan fingerprint density at radius 1 is 0.778 bits per heavy atom. The zero-order valence-electron chi connectivity index (χ0n) is 23.1. The van der Waals surface area contributed by atoms with E-state index in [9.17, 15) is 55.0 Å². The topological polar surface area (TPSA) is 124 Å². The van der Waals surface area contributed by atoms with Crippen LogP contribution in [0.4, 0.5) is 46.5 Å². The number of amides is 2. The van der Waals surface area contributed by atoms with Gasteiger partial charge in [0.05, 0.1) is 23.4 Å². The summed E-state index contributed by atoms with van der Waals surface area (Å²) in [5, 5.41) is 20.7. The third-order valence-electron chi connectivity index (χ3n) is 6.56. The Bertz CT molecular complexity index is 1630. The van der Waals surface area contributed by atoms with E-state index in [0.717, 1.165) is 32.0 Å². The molecular formula is C29H22F8N2O6. The maximum absolute atomic E-state index is 15.6. The number of halogens is 8. The molecule has 0 fully saturated rings. The maximum atomic E-state index is 15.6. The van der Waals surface area contributed by atoms with Gasteiger partial charge >= 0.3 is 30.0 Å². The highest BCUT2D eigenvalue weighted by Crippen LogP contribution is 2.54. The first kappa shape index (κ1) is 34.5. The SMILES string of the molecule is Cc1cc(C(F)(C(F)(F)F)C(F)(F)F)cc(C)c1N(CC(=O)O)C(=O)c1cccc(NC(=O)c2ccccc2CC(=O)O)c1F. The molecule has 0 saturated carbocycles. The normalized spacial score (nSPS) is 12.0. The lowest BCUT2D eigenvalue weighted by atomic mass is 9.90. The monoisotopic (exact) mass is 646 g/mol. The predicted molar refractivity (Wildman–Crippen MR) is 142 cm³/mol. The van der Waals surface area contributed by atoms with Gasteiger partial charge in [-0.05, 0) is 48.7 Å². The fourth-order valence-electron chi connectivity index (χ4n) is 4.64. The quantitative estimate of drug-likeness (QED) is 0.233. The van der Waals surface area contributed by atoms with Crippen molar-refractivity contribution < 1.29 is 64.5 Å². The lowest BCUT2D eigenvalue weighted by Crippen LogP contribution is -2.50. The number of carboxylic acid groups (broad SMARTS) is 2. The molecule has 0 saturated heterocycles. The number of anilines is 2. The van der Waals surface area contributed by atoms with Crippen LogP contribution in [0.5, 0.6) is 0 Å². The number of rotatable bonds is 9. The van der Waals surface area contributed by atoms with Gasteiger partial charge in [0.25, 0.3) is 11.8 Å². The summed E-state index contributed by atoms with van der Waals surface area (Å²) in [6.07, 6.45) is -13.4. The summed E-state index contributed by atoms with van der Waals surface area (Å²) in [6, 6.07) is 8.77. The van der Waals surface area contributed by atoms with Crippen LogP contribution in [0.2, 0.25) is 0 Å². The van der Waals surface area contributed by atoms with E-state index in [1.54, 1.807) is 0 Å². The average molecular weight is 646 g/mol. The number of carboxylic acids is 2. The van der Waals surface area contributed by atoms with Crippen LogP contribution in [0.3, 0.4) is 0 Å². The van der Waals surface area contributed by atoms with Crippen molar-refractivity contribution in [3.63, 3.8) is 0 Å². The molecule has 3 aromatic rings. The summed E-state index contributed by atoms with van der Waals surface area (Å²) in [6.45, 7) is 0.559. The molecular weight excluding hydrogens is 624 g/mol. The van der Waals surface area contributed by atoms with Gasteiger partial charge in [0, 0.05) is 11.1 Å². The smallest absolute Gasteiger partial charge is 0.435 e. The molecule has 0 unspecified atom stereocenters. The molecule has 0 aliphatic heterocycles. The summed E-state index contributed by atoms with van der Waals surface area (Å²) in [5.74, 6) is -6.76. The molecule has 3 aromatic carbocycles. The minimum absolute atomic E-state index is 0.0746. The van der Waals surface area contributed by atoms with E-state index in [1.807, 2.05) is 0 Å². The summed E-state index contributed by atoms with van der Waals surface area (Å²) in [4.78, 5) is 49.5. The molecule has 0 aliphatic carbocycles. The van der Waals surface area contributed by atoms with Crippen LogP contribution in [-0.2, 0) is 21.7 Å². The number of carbonyl (C=O) groups is 4. The molecule has 8 nitrogen and oxygen atoms in total. The van der Waals surface area contributed by atoms with Crippen molar-refractivity contribution >= 4 is 35.1 Å². The van der Waals surface area contributed by atoms with E-state index in [2.05, 4.69) is 5.32 Å². The summed E-state index contributed by atoms with van der Waals surface area (Å²) in [5.41, 5.74) is -10.9. The van der Waals surface area contributed by atoms with Gasteiger partial charge in [0.1, 0.15) is 6.54 Å². The standard InChI is InChI=1S/C29H22F8N2O6/c1-14-10-17(27(31,28(32,33)34)29(35,36)37)11-15(2)24(14)39(13-22(42)43)26(45)19-8-5-9-20(23(19)30)38-25(44)18-7-4-3-6-16(18)12-21(40)41/h3-11H,12-13H2,1-2H3,(H,38,44)(H,40,41)(H,42,43). The maximum Gasteiger partial charge on any atom is 0.435 e. The Kier molecular flexibility index (Phi) is 9.60. The Morgan fingerprint density at radius 2 is 1.31 bits per heavy atom. The summed E-state index contributed by atoms with van der Waals surface area (Å²) < 4.78 is 110. The Balaban J connectivity index is 2.09. The number of alkyl halides is 7. The zero-order valence-corrected chi connectivity index (χ0v) is 23.1. The minimum Gasteiger partial charge on any atom is -0.481 e. The molecule has 0 aliphatic rings. The molecule has 0 spiro atoms. The van der Waals surface area contributed by atoms with Crippen LogP contribution in [-0.4, -0.2) is 52.9 Å². The van der Waals surface area contributed by atoms with Crippen LogP contribution in [0.1, 0.15) is 43.0 Å². The molecule has 0 aromatic heterocycles. The first-order valence-electron chi connectivity index (χ1n) is 12.6. The Morgan fingerprint density at radius 3 is 1.82 bits per heavy atom. The first-order chi connectivity index (χ1) is 20.7. The molecule has 45 heavy (non-hydrogen) atoms. The number of nitrogens with one attached hydrogen (secondary N) is 1. The van der Waals surface area contributed by atoms with Crippen molar-refractivity contribution in [2.75, 3.05) is 16.8 Å². The van der Waals surface area contributed by atoms with E-state index >= 15 is 4.39 Å². The van der Waals surface area contributed by atoms with Crippen molar-refractivity contribution in [3.05, 3.63) is 93.8 Å². The van der Waals surface area contributed by atoms with Gasteiger partial charge in [0.15, 0.2) is 5.82 Å². The minimum atomic E-state index is -6.44. The predicted octanol–water partition coefficient (Wildman–Crippen LogP) is 6.34. The number of carbonyl (C=O) groups excluding carboxylic acids is 2. The second-order valence-corrected chi connectivity index (χ2v) is 9.75. The molecule has 0 heterocycles. The van der Waals surface area contributed by atoms with Gasteiger partial charge in [-0.15, -0.1) is 0 Å². The molecule has 2 amide bonds. The Labute approximate surface area is 248 Å². The molecule has 0 atom stereocenters. The van der Waals surface area contributed by atoms with E-state index in [-0.39, 0.29) is 23.3 Å². The van der Waals surface area contributed by atoms with Crippen LogP contribution in [0.15, 0.2) is 54.6 Å². The lowest BCUT2D eigenvalue weighted by Gasteiger charge is -2.32. The highest BCUT2D eigenvalue weighted by atomic mass is 19.4. The van der Waals surface area contributed by atoms with Gasteiger partial charge in [-0.3, -0.25) is 24.1 Å². The third kappa shape index (κ3) is 6.89. The number of aliphatic carboxylic acids is 2. The molecule has 0 radical (unpaired) electrons. The van der Waals surface area contributed by atoms with Crippen molar-refractivity contribution in [2.45, 2.75) is 38.3 Å². The van der Waals surface area contributed by atoms with Crippen LogP contribution in [0, 0.1) is 19.7 Å². The van der Waals surface area contributed by atoms with E-state index in [0.29, 0.717) is 4.90 Å². The van der Waals surface area contributed by atoms with Gasteiger partial charge in [-0.2, -0.15) is 26.3 Å². The number of benzene rings is 3. The number of aryl methyl sites for hydroxylation is 2. The van der Waals surface area contributed by atoms with E-state index in [4.69, 9.17) is 5.11 Å². The van der Waals surface area contributed by atoms with Gasteiger partial charge in [-0.1, -0.05) is 36.4 Å². The van der Waals surface area contributed by atoms with Gasteiger partial charge < -0.3 is 15.5 Å². The van der Waals surface area contributed by atoms with Crippen molar-refractivity contribution in [1.29, 1.82) is 0 Å². The summed E-state index contributed by atoms with van der Waals surface area (Å²) >= 11 is 0. The molecule has 3 rings (SSSR count). The first-order valence-corrected chi connectivity index (χ1v) is 12.6. The third-order valence-corrected chi connectivity index (χ3v) is 6.56. The molecule has 16 heteroatoms. The van der Waals surface area contributed by atoms with E-state index < -0.39 is 94.2 Å². The second-order valence-electron chi connectivity index (χ2n) is 9.75. The fraction of sp³-hybridized carbons (Fsp3) is 0.241. The van der Waals surface area contributed by atoms with Crippen LogP contribution in [0.25, 0.3) is 0 Å². The number of hydrogen-bond acceptors (Lipinski definition) is 4. The molecule has 3 N–H and O–H groups in total. The molecule has 0 bridgehead atoms. The second kappa shape index (κ2) is 12.5. The lowest BCUT2D eigenvalue weighted by molar-refractivity contribution is -0.348. The largest absolute Gasteiger partial charge is 0.481 e. The van der Waals surface area contributed by atoms with E-state index in [1.165, 1.54) is 24.3 Å².